The molecule has 104 valence electrons. The lowest BCUT2D eigenvalue weighted by Crippen LogP contribution is -2.46. The number of sulfonamides is 1. The fourth-order valence-corrected chi connectivity index (χ4v) is 3.95. The Morgan fingerprint density at radius 1 is 1.12 bits per heavy atom. The fraction of sp³-hybridized carbons (Fsp3) is 1.00. The average molecular weight is 284 g/mol. The minimum Gasteiger partial charge on any atom is -0.212 e. The molecule has 0 heterocycles. The Balaban J connectivity index is 4.77. The molecule has 0 bridgehead atoms. The smallest absolute Gasteiger partial charge is 0.212 e. The standard InChI is InChI=1S/C12H26ClNO2S/c1-11(2,3)9-17(15,16)14-10(7-8-13)12(4,5)6/h10,14H,7-9H2,1-6H3. The first-order chi connectivity index (χ1) is 7.37. The van der Waals surface area contributed by atoms with Crippen molar-refractivity contribution in [2.45, 2.75) is 54.0 Å². The van der Waals surface area contributed by atoms with E-state index in [1.54, 1.807) is 0 Å². The van der Waals surface area contributed by atoms with Crippen LogP contribution in [0.25, 0.3) is 0 Å². The molecule has 5 heteroatoms. The van der Waals surface area contributed by atoms with Crippen LogP contribution in [-0.4, -0.2) is 26.1 Å². The molecule has 0 aromatic heterocycles. The van der Waals surface area contributed by atoms with E-state index in [0.29, 0.717) is 12.3 Å². The van der Waals surface area contributed by atoms with Gasteiger partial charge in [-0.3, -0.25) is 0 Å². The second kappa shape index (κ2) is 5.89. The summed E-state index contributed by atoms with van der Waals surface area (Å²) >= 11 is 5.73. The summed E-state index contributed by atoms with van der Waals surface area (Å²) < 4.78 is 26.8. The number of hydrogen-bond acceptors (Lipinski definition) is 2. The van der Waals surface area contributed by atoms with Crippen LogP contribution in [0.5, 0.6) is 0 Å². The first-order valence-electron chi connectivity index (χ1n) is 5.93. The number of hydrogen-bond donors (Lipinski definition) is 1. The van der Waals surface area contributed by atoms with Gasteiger partial charge in [-0.05, 0) is 17.3 Å². The third-order valence-electron chi connectivity index (χ3n) is 2.39. The van der Waals surface area contributed by atoms with Crippen molar-refractivity contribution in [1.29, 1.82) is 0 Å². The van der Waals surface area contributed by atoms with Crippen LogP contribution in [0.1, 0.15) is 48.0 Å². The monoisotopic (exact) mass is 283 g/mol. The molecular formula is C12H26ClNO2S. The van der Waals surface area contributed by atoms with E-state index in [9.17, 15) is 8.42 Å². The predicted octanol–water partition coefficient (Wildman–Crippen LogP) is 3.00. The Hall–Kier alpha value is 0.200. The Kier molecular flexibility index (Phi) is 5.96. The SMILES string of the molecule is CC(C)(C)CS(=O)(=O)NC(CCCl)C(C)(C)C. The summed E-state index contributed by atoms with van der Waals surface area (Å²) in [5.41, 5.74) is -0.366. The number of rotatable bonds is 5. The van der Waals surface area contributed by atoms with Crippen LogP contribution >= 0.6 is 11.6 Å². The average Bonchev–Trinajstić information content (AvgIpc) is 1.96. The minimum absolute atomic E-state index is 0.118. The molecule has 0 aromatic rings. The first-order valence-corrected chi connectivity index (χ1v) is 8.12. The van der Waals surface area contributed by atoms with Gasteiger partial charge in [0.1, 0.15) is 0 Å². The van der Waals surface area contributed by atoms with Gasteiger partial charge in [-0.2, -0.15) is 0 Å². The molecule has 0 aliphatic heterocycles. The zero-order valence-corrected chi connectivity index (χ0v) is 13.4. The van der Waals surface area contributed by atoms with Crippen LogP contribution in [0.4, 0.5) is 0 Å². The molecule has 17 heavy (non-hydrogen) atoms. The van der Waals surface area contributed by atoms with Crippen molar-refractivity contribution < 1.29 is 8.42 Å². The molecule has 0 aromatic carbocycles. The zero-order valence-electron chi connectivity index (χ0n) is 11.8. The molecule has 0 rings (SSSR count). The second-order valence-electron chi connectivity index (χ2n) is 6.83. The number of halogens is 1. The molecule has 0 spiro atoms. The van der Waals surface area contributed by atoms with E-state index in [-0.39, 0.29) is 22.6 Å². The van der Waals surface area contributed by atoms with Crippen LogP contribution in [0.2, 0.25) is 0 Å². The van der Waals surface area contributed by atoms with Crippen molar-refractivity contribution in [2.24, 2.45) is 10.8 Å². The van der Waals surface area contributed by atoms with E-state index in [1.165, 1.54) is 0 Å². The highest BCUT2D eigenvalue weighted by Crippen LogP contribution is 2.24. The Morgan fingerprint density at radius 2 is 1.59 bits per heavy atom. The minimum atomic E-state index is -3.25. The highest BCUT2D eigenvalue weighted by molar-refractivity contribution is 7.89. The van der Waals surface area contributed by atoms with Gasteiger partial charge in [-0.25, -0.2) is 13.1 Å². The highest BCUT2D eigenvalue weighted by Gasteiger charge is 2.30. The maximum absolute atomic E-state index is 12.0. The Morgan fingerprint density at radius 3 is 1.88 bits per heavy atom. The van der Waals surface area contributed by atoms with Gasteiger partial charge in [0.25, 0.3) is 0 Å². The number of alkyl halides is 1. The molecule has 1 atom stereocenters. The summed E-state index contributed by atoms with van der Waals surface area (Å²) in [7, 11) is -3.25. The maximum atomic E-state index is 12.0. The molecule has 0 aliphatic rings. The lowest BCUT2D eigenvalue weighted by molar-refractivity contribution is 0.291. The van der Waals surface area contributed by atoms with Gasteiger partial charge in [0.15, 0.2) is 0 Å². The molecule has 0 radical (unpaired) electrons. The quantitative estimate of drug-likeness (QED) is 0.789. The maximum Gasteiger partial charge on any atom is 0.212 e. The van der Waals surface area contributed by atoms with Crippen molar-refractivity contribution in [2.75, 3.05) is 11.6 Å². The topological polar surface area (TPSA) is 46.2 Å². The van der Waals surface area contributed by atoms with Crippen molar-refractivity contribution in [1.82, 2.24) is 4.72 Å². The summed E-state index contributed by atoms with van der Waals surface area (Å²) in [5, 5.41) is 0. The van der Waals surface area contributed by atoms with E-state index in [2.05, 4.69) is 4.72 Å². The van der Waals surface area contributed by atoms with Gasteiger partial charge in [-0.15, -0.1) is 11.6 Å². The third-order valence-corrected chi connectivity index (χ3v) is 4.50. The molecule has 3 nitrogen and oxygen atoms in total. The van der Waals surface area contributed by atoms with Gasteiger partial charge in [0.05, 0.1) is 5.75 Å². The van der Waals surface area contributed by atoms with Gasteiger partial charge in [-0.1, -0.05) is 41.5 Å². The summed E-state index contributed by atoms with van der Waals surface area (Å²) in [4.78, 5) is 0. The molecule has 0 fully saturated rings. The van der Waals surface area contributed by atoms with Crippen LogP contribution < -0.4 is 4.72 Å². The van der Waals surface area contributed by atoms with Gasteiger partial charge in [0, 0.05) is 11.9 Å². The van der Waals surface area contributed by atoms with E-state index >= 15 is 0 Å². The van der Waals surface area contributed by atoms with E-state index in [0.717, 1.165) is 0 Å². The fourth-order valence-electron chi connectivity index (χ4n) is 1.61. The third kappa shape index (κ3) is 8.01. The summed E-state index contributed by atoms with van der Waals surface area (Å²) in [5.74, 6) is 0.592. The first kappa shape index (κ1) is 17.2. The highest BCUT2D eigenvalue weighted by atomic mass is 35.5. The normalized spacial score (nSPS) is 15.9. The summed E-state index contributed by atoms with van der Waals surface area (Å²) in [6.07, 6.45) is 0.647. The Labute approximate surface area is 111 Å². The van der Waals surface area contributed by atoms with Gasteiger partial charge in [0.2, 0.25) is 10.0 Å². The van der Waals surface area contributed by atoms with Gasteiger partial charge < -0.3 is 0 Å². The predicted molar refractivity (Wildman–Crippen MR) is 75.0 cm³/mol. The second-order valence-corrected chi connectivity index (χ2v) is 8.97. The van der Waals surface area contributed by atoms with E-state index in [4.69, 9.17) is 11.6 Å². The molecule has 0 amide bonds. The van der Waals surface area contributed by atoms with E-state index < -0.39 is 10.0 Å². The molecule has 0 saturated carbocycles. The van der Waals surface area contributed by atoms with Gasteiger partial charge >= 0.3 is 0 Å². The van der Waals surface area contributed by atoms with Crippen molar-refractivity contribution in [3.8, 4) is 0 Å². The summed E-state index contributed by atoms with van der Waals surface area (Å²) in [6, 6.07) is -0.118. The lowest BCUT2D eigenvalue weighted by Gasteiger charge is -2.32. The largest absolute Gasteiger partial charge is 0.212 e. The van der Waals surface area contributed by atoms with Crippen LogP contribution in [0.3, 0.4) is 0 Å². The molecular weight excluding hydrogens is 258 g/mol. The van der Waals surface area contributed by atoms with Crippen molar-refractivity contribution in [3.63, 3.8) is 0 Å². The molecule has 1 unspecified atom stereocenters. The van der Waals surface area contributed by atoms with Crippen LogP contribution in [0.15, 0.2) is 0 Å². The Bertz CT molecular complexity index is 325. The lowest BCUT2D eigenvalue weighted by atomic mass is 9.86. The zero-order chi connectivity index (χ0) is 13.9. The molecule has 0 aliphatic carbocycles. The molecule has 1 N–H and O–H groups in total. The van der Waals surface area contributed by atoms with Crippen molar-refractivity contribution >= 4 is 21.6 Å². The van der Waals surface area contributed by atoms with Crippen LogP contribution in [0, 0.1) is 10.8 Å². The number of nitrogens with one attached hydrogen (secondary N) is 1. The molecule has 0 saturated heterocycles. The van der Waals surface area contributed by atoms with E-state index in [1.807, 2.05) is 41.5 Å². The summed E-state index contributed by atoms with van der Waals surface area (Å²) in [6.45, 7) is 11.8. The van der Waals surface area contributed by atoms with Crippen LogP contribution in [-0.2, 0) is 10.0 Å². The van der Waals surface area contributed by atoms with Crippen molar-refractivity contribution in [3.05, 3.63) is 0 Å².